The standard InChI is InChI=1S/C12H15ClO/c1-3-12(2,9-11(13)14)10-7-5-4-6-8-10/h4-8H,3,9H2,1-2H3. The second kappa shape index (κ2) is 4.61. The smallest absolute Gasteiger partial charge is 0.222 e. The first-order chi connectivity index (χ1) is 6.58. The van der Waals surface area contributed by atoms with Crippen molar-refractivity contribution in [2.75, 3.05) is 0 Å². The maximum Gasteiger partial charge on any atom is 0.222 e. The molecule has 0 aromatic heterocycles. The van der Waals surface area contributed by atoms with Gasteiger partial charge in [0.2, 0.25) is 5.24 Å². The molecule has 0 radical (unpaired) electrons. The number of halogens is 1. The molecular weight excluding hydrogens is 196 g/mol. The van der Waals surface area contributed by atoms with Gasteiger partial charge in [0, 0.05) is 11.8 Å². The molecule has 1 aromatic rings. The molecule has 1 nitrogen and oxygen atoms in total. The average Bonchev–Trinajstić information content (AvgIpc) is 2.18. The fourth-order valence-corrected chi connectivity index (χ4v) is 1.87. The highest BCUT2D eigenvalue weighted by molar-refractivity contribution is 6.63. The first kappa shape index (κ1) is 11.3. The molecule has 0 saturated heterocycles. The van der Waals surface area contributed by atoms with Gasteiger partial charge in [-0.05, 0) is 23.6 Å². The van der Waals surface area contributed by atoms with E-state index in [1.54, 1.807) is 0 Å². The molecule has 0 aliphatic rings. The molecule has 0 amide bonds. The Labute approximate surface area is 90.1 Å². The Morgan fingerprint density at radius 1 is 1.36 bits per heavy atom. The molecule has 0 N–H and O–H groups in total. The van der Waals surface area contributed by atoms with Gasteiger partial charge in [0.15, 0.2) is 0 Å². The lowest BCUT2D eigenvalue weighted by molar-refractivity contribution is -0.112. The summed E-state index contributed by atoms with van der Waals surface area (Å²) in [7, 11) is 0. The highest BCUT2D eigenvalue weighted by atomic mass is 35.5. The van der Waals surface area contributed by atoms with Crippen LogP contribution >= 0.6 is 11.6 Å². The summed E-state index contributed by atoms with van der Waals surface area (Å²) >= 11 is 5.45. The van der Waals surface area contributed by atoms with E-state index in [1.165, 1.54) is 5.56 Å². The molecule has 1 aromatic carbocycles. The fourth-order valence-electron chi connectivity index (χ4n) is 1.58. The van der Waals surface area contributed by atoms with Gasteiger partial charge >= 0.3 is 0 Å². The van der Waals surface area contributed by atoms with Crippen LogP contribution in [0, 0.1) is 0 Å². The fraction of sp³-hybridized carbons (Fsp3) is 0.417. The topological polar surface area (TPSA) is 17.1 Å². The van der Waals surface area contributed by atoms with Crippen molar-refractivity contribution in [1.82, 2.24) is 0 Å². The molecule has 14 heavy (non-hydrogen) atoms. The Hall–Kier alpha value is -0.820. The molecule has 0 aliphatic carbocycles. The lowest BCUT2D eigenvalue weighted by atomic mass is 9.78. The van der Waals surface area contributed by atoms with Crippen LogP contribution in [0.4, 0.5) is 0 Å². The van der Waals surface area contributed by atoms with E-state index in [-0.39, 0.29) is 10.7 Å². The van der Waals surface area contributed by atoms with Crippen LogP contribution in [0.3, 0.4) is 0 Å². The summed E-state index contributed by atoms with van der Waals surface area (Å²) in [5.74, 6) is 0. The van der Waals surface area contributed by atoms with Crippen molar-refractivity contribution in [3.8, 4) is 0 Å². The van der Waals surface area contributed by atoms with Gasteiger partial charge in [-0.15, -0.1) is 0 Å². The van der Waals surface area contributed by atoms with Gasteiger partial charge < -0.3 is 0 Å². The number of carbonyl (C=O) groups is 1. The van der Waals surface area contributed by atoms with E-state index in [9.17, 15) is 4.79 Å². The molecule has 0 saturated carbocycles. The summed E-state index contributed by atoms with van der Waals surface area (Å²) in [4.78, 5) is 11.0. The van der Waals surface area contributed by atoms with Gasteiger partial charge in [-0.25, -0.2) is 0 Å². The molecule has 2 heteroatoms. The molecule has 76 valence electrons. The van der Waals surface area contributed by atoms with Crippen molar-refractivity contribution in [3.05, 3.63) is 35.9 Å². The van der Waals surface area contributed by atoms with Crippen molar-refractivity contribution in [2.24, 2.45) is 0 Å². The minimum Gasteiger partial charge on any atom is -0.281 e. The normalized spacial score (nSPS) is 14.8. The number of hydrogen-bond acceptors (Lipinski definition) is 1. The Balaban J connectivity index is 2.95. The SMILES string of the molecule is CCC(C)(CC(=O)Cl)c1ccccc1. The number of benzene rings is 1. The lowest BCUT2D eigenvalue weighted by Gasteiger charge is -2.27. The summed E-state index contributed by atoms with van der Waals surface area (Å²) in [6.45, 7) is 4.15. The highest BCUT2D eigenvalue weighted by Crippen LogP contribution is 2.31. The van der Waals surface area contributed by atoms with E-state index in [2.05, 4.69) is 13.8 Å². The summed E-state index contributed by atoms with van der Waals surface area (Å²) in [6, 6.07) is 10.0. The first-order valence-corrected chi connectivity index (χ1v) is 5.20. The van der Waals surface area contributed by atoms with E-state index >= 15 is 0 Å². The summed E-state index contributed by atoms with van der Waals surface area (Å²) in [5.41, 5.74) is 1.05. The van der Waals surface area contributed by atoms with E-state index < -0.39 is 0 Å². The van der Waals surface area contributed by atoms with Crippen molar-refractivity contribution in [3.63, 3.8) is 0 Å². The van der Waals surface area contributed by atoms with Gasteiger partial charge in [0.1, 0.15) is 0 Å². The highest BCUT2D eigenvalue weighted by Gasteiger charge is 2.26. The molecule has 1 unspecified atom stereocenters. The summed E-state index contributed by atoms with van der Waals surface area (Å²) in [5, 5.41) is -0.266. The van der Waals surface area contributed by atoms with Crippen molar-refractivity contribution in [2.45, 2.75) is 32.1 Å². The third kappa shape index (κ3) is 2.58. The van der Waals surface area contributed by atoms with Gasteiger partial charge in [0.25, 0.3) is 0 Å². The third-order valence-electron chi connectivity index (χ3n) is 2.78. The zero-order valence-electron chi connectivity index (χ0n) is 8.59. The van der Waals surface area contributed by atoms with E-state index in [0.29, 0.717) is 6.42 Å². The molecule has 0 aliphatic heterocycles. The quantitative estimate of drug-likeness (QED) is 0.696. The van der Waals surface area contributed by atoms with Crippen LogP contribution in [0.2, 0.25) is 0 Å². The van der Waals surface area contributed by atoms with Crippen LogP contribution in [0.25, 0.3) is 0 Å². The van der Waals surface area contributed by atoms with Gasteiger partial charge in [-0.2, -0.15) is 0 Å². The van der Waals surface area contributed by atoms with Gasteiger partial charge in [-0.3, -0.25) is 4.79 Å². The van der Waals surface area contributed by atoms with Crippen LogP contribution in [0.15, 0.2) is 30.3 Å². The lowest BCUT2D eigenvalue weighted by Crippen LogP contribution is -2.23. The summed E-state index contributed by atoms with van der Waals surface area (Å²) in [6.07, 6.45) is 1.31. The molecule has 0 fully saturated rings. The Kier molecular flexibility index (Phi) is 3.70. The molecule has 0 heterocycles. The number of rotatable bonds is 4. The van der Waals surface area contributed by atoms with Crippen LogP contribution in [0.5, 0.6) is 0 Å². The van der Waals surface area contributed by atoms with Crippen LogP contribution < -0.4 is 0 Å². The largest absolute Gasteiger partial charge is 0.281 e. The van der Waals surface area contributed by atoms with E-state index in [4.69, 9.17) is 11.6 Å². The minimum atomic E-state index is -0.266. The van der Waals surface area contributed by atoms with Crippen molar-refractivity contribution in [1.29, 1.82) is 0 Å². The monoisotopic (exact) mass is 210 g/mol. The maximum absolute atomic E-state index is 11.0. The van der Waals surface area contributed by atoms with Crippen molar-refractivity contribution >= 4 is 16.8 Å². The molecular formula is C12H15ClO. The van der Waals surface area contributed by atoms with Crippen LogP contribution in [-0.2, 0) is 10.2 Å². The minimum absolute atomic E-state index is 0.125. The molecule has 1 atom stereocenters. The Bertz CT molecular complexity index is 307. The number of carbonyl (C=O) groups excluding carboxylic acids is 1. The maximum atomic E-state index is 11.0. The van der Waals surface area contributed by atoms with Crippen LogP contribution in [0.1, 0.15) is 32.3 Å². The van der Waals surface area contributed by atoms with E-state index in [0.717, 1.165) is 6.42 Å². The predicted molar refractivity (Wildman–Crippen MR) is 59.6 cm³/mol. The first-order valence-electron chi connectivity index (χ1n) is 4.82. The molecule has 0 spiro atoms. The zero-order chi connectivity index (χ0) is 10.6. The van der Waals surface area contributed by atoms with Gasteiger partial charge in [-0.1, -0.05) is 44.2 Å². The summed E-state index contributed by atoms with van der Waals surface area (Å²) < 4.78 is 0. The van der Waals surface area contributed by atoms with Crippen molar-refractivity contribution < 1.29 is 4.79 Å². The predicted octanol–water partition coefficient (Wildman–Crippen LogP) is 3.51. The van der Waals surface area contributed by atoms with Crippen LogP contribution in [-0.4, -0.2) is 5.24 Å². The molecule has 0 bridgehead atoms. The average molecular weight is 211 g/mol. The number of hydrogen-bond donors (Lipinski definition) is 0. The van der Waals surface area contributed by atoms with E-state index in [1.807, 2.05) is 30.3 Å². The Morgan fingerprint density at radius 3 is 2.36 bits per heavy atom. The zero-order valence-corrected chi connectivity index (χ0v) is 9.34. The second-order valence-corrected chi connectivity index (χ2v) is 4.23. The second-order valence-electron chi connectivity index (χ2n) is 3.81. The third-order valence-corrected chi connectivity index (χ3v) is 2.91. The van der Waals surface area contributed by atoms with Gasteiger partial charge in [0.05, 0.1) is 0 Å². The Morgan fingerprint density at radius 2 is 1.93 bits per heavy atom. The molecule has 1 rings (SSSR count).